The van der Waals surface area contributed by atoms with Crippen LogP contribution in [0.25, 0.3) is 0 Å². The summed E-state index contributed by atoms with van der Waals surface area (Å²) in [5.74, 6) is 0.730. The van der Waals surface area contributed by atoms with Crippen molar-refractivity contribution in [2.24, 2.45) is 11.7 Å². The SMILES string of the molecule is NC[C@@H]1CCCCCCNC1. The van der Waals surface area contributed by atoms with Crippen molar-refractivity contribution < 1.29 is 0 Å². The van der Waals surface area contributed by atoms with Crippen LogP contribution in [0.1, 0.15) is 32.1 Å². The van der Waals surface area contributed by atoms with Gasteiger partial charge in [0.05, 0.1) is 0 Å². The summed E-state index contributed by atoms with van der Waals surface area (Å²) in [6, 6.07) is 0. The maximum absolute atomic E-state index is 5.63. The molecule has 1 aliphatic heterocycles. The number of hydrogen-bond acceptors (Lipinski definition) is 2. The topological polar surface area (TPSA) is 38.0 Å². The maximum atomic E-state index is 5.63. The molecule has 2 heteroatoms. The minimum absolute atomic E-state index is 0.730. The standard InChI is InChI=1S/C9H20N2/c10-7-9-5-3-1-2-4-6-11-8-9/h9,11H,1-8,10H2/t9-/m0/s1. The van der Waals surface area contributed by atoms with Crippen molar-refractivity contribution in [1.82, 2.24) is 5.32 Å². The molecule has 0 aromatic carbocycles. The summed E-state index contributed by atoms with van der Waals surface area (Å²) >= 11 is 0. The summed E-state index contributed by atoms with van der Waals surface area (Å²) in [6.45, 7) is 3.18. The quantitative estimate of drug-likeness (QED) is 0.597. The normalized spacial score (nSPS) is 28.6. The van der Waals surface area contributed by atoms with Gasteiger partial charge >= 0.3 is 0 Å². The molecule has 0 aromatic rings. The van der Waals surface area contributed by atoms with E-state index in [1.54, 1.807) is 0 Å². The van der Waals surface area contributed by atoms with Gasteiger partial charge < -0.3 is 11.1 Å². The van der Waals surface area contributed by atoms with Gasteiger partial charge in [-0.15, -0.1) is 0 Å². The number of nitrogens with two attached hydrogens (primary N) is 1. The van der Waals surface area contributed by atoms with Crippen molar-refractivity contribution in [2.75, 3.05) is 19.6 Å². The van der Waals surface area contributed by atoms with Gasteiger partial charge in [-0.2, -0.15) is 0 Å². The first-order chi connectivity index (χ1) is 5.43. The molecule has 0 unspecified atom stereocenters. The average Bonchev–Trinajstić information content (AvgIpc) is 2.16. The molecule has 0 aromatic heterocycles. The van der Waals surface area contributed by atoms with Gasteiger partial charge in [-0.3, -0.25) is 0 Å². The van der Waals surface area contributed by atoms with Gasteiger partial charge in [0.15, 0.2) is 0 Å². The zero-order valence-corrected chi connectivity index (χ0v) is 7.31. The lowest BCUT2D eigenvalue weighted by Gasteiger charge is -2.12. The monoisotopic (exact) mass is 156 g/mol. The molecule has 0 spiro atoms. The van der Waals surface area contributed by atoms with E-state index in [9.17, 15) is 0 Å². The summed E-state index contributed by atoms with van der Waals surface area (Å²) in [5, 5.41) is 3.45. The van der Waals surface area contributed by atoms with E-state index in [0.717, 1.165) is 19.0 Å². The van der Waals surface area contributed by atoms with Gasteiger partial charge in [0.25, 0.3) is 0 Å². The molecule has 1 heterocycles. The van der Waals surface area contributed by atoms with E-state index >= 15 is 0 Å². The van der Waals surface area contributed by atoms with Crippen LogP contribution in [0.5, 0.6) is 0 Å². The molecular weight excluding hydrogens is 136 g/mol. The second kappa shape index (κ2) is 5.56. The summed E-state index contributed by atoms with van der Waals surface area (Å²) in [6.07, 6.45) is 6.84. The highest BCUT2D eigenvalue weighted by atomic mass is 14.9. The first kappa shape index (κ1) is 9.01. The minimum atomic E-state index is 0.730. The van der Waals surface area contributed by atoms with Crippen molar-refractivity contribution in [2.45, 2.75) is 32.1 Å². The van der Waals surface area contributed by atoms with Crippen molar-refractivity contribution in [1.29, 1.82) is 0 Å². The van der Waals surface area contributed by atoms with Gasteiger partial charge in [0.1, 0.15) is 0 Å². The molecule has 3 N–H and O–H groups in total. The molecule has 0 radical (unpaired) electrons. The molecule has 0 bridgehead atoms. The van der Waals surface area contributed by atoms with Crippen LogP contribution < -0.4 is 11.1 Å². The molecule has 1 aliphatic rings. The van der Waals surface area contributed by atoms with Crippen LogP contribution in [0, 0.1) is 5.92 Å². The highest BCUT2D eigenvalue weighted by molar-refractivity contribution is 4.65. The number of nitrogens with one attached hydrogen (secondary N) is 1. The van der Waals surface area contributed by atoms with E-state index in [0.29, 0.717) is 0 Å². The Hall–Kier alpha value is -0.0800. The lowest BCUT2D eigenvalue weighted by atomic mass is 10.0. The zero-order valence-electron chi connectivity index (χ0n) is 7.31. The second-order valence-corrected chi connectivity index (χ2v) is 3.51. The smallest absolute Gasteiger partial charge is 0.000846 e. The van der Waals surface area contributed by atoms with E-state index < -0.39 is 0 Å². The van der Waals surface area contributed by atoms with E-state index in [2.05, 4.69) is 5.32 Å². The van der Waals surface area contributed by atoms with Crippen molar-refractivity contribution >= 4 is 0 Å². The lowest BCUT2D eigenvalue weighted by Crippen LogP contribution is -2.28. The largest absolute Gasteiger partial charge is 0.330 e. The van der Waals surface area contributed by atoms with Gasteiger partial charge in [-0.1, -0.05) is 19.3 Å². The average molecular weight is 156 g/mol. The van der Waals surface area contributed by atoms with Crippen molar-refractivity contribution in [3.63, 3.8) is 0 Å². The molecule has 1 rings (SSSR count). The summed E-state index contributed by atoms with van der Waals surface area (Å²) in [7, 11) is 0. The van der Waals surface area contributed by atoms with Crippen LogP contribution in [0.3, 0.4) is 0 Å². The Morgan fingerprint density at radius 3 is 2.82 bits per heavy atom. The molecule has 2 nitrogen and oxygen atoms in total. The Morgan fingerprint density at radius 1 is 1.18 bits per heavy atom. The Morgan fingerprint density at radius 2 is 2.00 bits per heavy atom. The molecule has 0 aliphatic carbocycles. The molecule has 1 saturated heterocycles. The van der Waals surface area contributed by atoms with Gasteiger partial charge in [0, 0.05) is 0 Å². The molecule has 1 fully saturated rings. The number of rotatable bonds is 1. The van der Waals surface area contributed by atoms with E-state index in [1.165, 1.54) is 38.6 Å². The minimum Gasteiger partial charge on any atom is -0.330 e. The highest BCUT2D eigenvalue weighted by Crippen LogP contribution is 2.11. The molecule has 66 valence electrons. The molecule has 1 atom stereocenters. The Bertz CT molecular complexity index is 83.6. The van der Waals surface area contributed by atoms with Crippen molar-refractivity contribution in [3.8, 4) is 0 Å². The van der Waals surface area contributed by atoms with Crippen LogP contribution >= 0.6 is 0 Å². The fourth-order valence-corrected chi connectivity index (χ4v) is 1.65. The Labute approximate surface area is 69.5 Å². The highest BCUT2D eigenvalue weighted by Gasteiger charge is 2.07. The fraction of sp³-hybridized carbons (Fsp3) is 1.00. The predicted octanol–water partition coefficient (Wildman–Crippen LogP) is 1.11. The predicted molar refractivity (Wildman–Crippen MR) is 48.5 cm³/mol. The summed E-state index contributed by atoms with van der Waals surface area (Å²) < 4.78 is 0. The Balaban J connectivity index is 2.19. The second-order valence-electron chi connectivity index (χ2n) is 3.51. The molecule has 11 heavy (non-hydrogen) atoms. The van der Waals surface area contributed by atoms with Gasteiger partial charge in [-0.05, 0) is 38.4 Å². The number of hydrogen-bond donors (Lipinski definition) is 2. The first-order valence-corrected chi connectivity index (χ1v) is 4.84. The maximum Gasteiger partial charge on any atom is -0.000846 e. The van der Waals surface area contributed by atoms with E-state index in [4.69, 9.17) is 5.73 Å². The molecule has 0 amide bonds. The molecule has 0 saturated carbocycles. The van der Waals surface area contributed by atoms with Crippen LogP contribution in [-0.4, -0.2) is 19.6 Å². The third-order valence-corrected chi connectivity index (χ3v) is 2.48. The van der Waals surface area contributed by atoms with Crippen LogP contribution in [0.2, 0.25) is 0 Å². The van der Waals surface area contributed by atoms with E-state index in [-0.39, 0.29) is 0 Å². The third-order valence-electron chi connectivity index (χ3n) is 2.48. The van der Waals surface area contributed by atoms with Gasteiger partial charge in [-0.25, -0.2) is 0 Å². The first-order valence-electron chi connectivity index (χ1n) is 4.84. The van der Waals surface area contributed by atoms with Gasteiger partial charge in [0.2, 0.25) is 0 Å². The fourth-order valence-electron chi connectivity index (χ4n) is 1.65. The summed E-state index contributed by atoms with van der Waals surface area (Å²) in [4.78, 5) is 0. The zero-order chi connectivity index (χ0) is 7.94. The third kappa shape index (κ3) is 3.73. The van der Waals surface area contributed by atoms with Crippen LogP contribution in [-0.2, 0) is 0 Å². The Kier molecular flexibility index (Phi) is 4.55. The van der Waals surface area contributed by atoms with Crippen LogP contribution in [0.4, 0.5) is 0 Å². The summed E-state index contributed by atoms with van der Waals surface area (Å²) in [5.41, 5.74) is 5.63. The van der Waals surface area contributed by atoms with Crippen molar-refractivity contribution in [3.05, 3.63) is 0 Å². The van der Waals surface area contributed by atoms with E-state index in [1.807, 2.05) is 0 Å². The lowest BCUT2D eigenvalue weighted by molar-refractivity contribution is 0.454. The van der Waals surface area contributed by atoms with Crippen LogP contribution in [0.15, 0.2) is 0 Å². The molecular formula is C9H20N2.